The summed E-state index contributed by atoms with van der Waals surface area (Å²) in [6.45, 7) is 1.28. The summed E-state index contributed by atoms with van der Waals surface area (Å²) in [5, 5.41) is 8.73. The van der Waals surface area contributed by atoms with Crippen LogP contribution in [0.15, 0.2) is 84.9 Å². The van der Waals surface area contributed by atoms with Gasteiger partial charge in [0.1, 0.15) is 0 Å². The molecule has 0 bridgehead atoms. The van der Waals surface area contributed by atoms with Crippen LogP contribution in [-0.2, 0) is 16.0 Å². The molecule has 2 fully saturated rings. The molecule has 7 heteroatoms. The zero-order chi connectivity index (χ0) is 25.8. The smallest absolute Gasteiger partial charge is 0.274 e. The number of hydrogen-bond acceptors (Lipinski definition) is 4. The molecule has 5 rings (SSSR count). The molecular weight excluding hydrogens is 466 g/mol. The molecule has 2 N–H and O–H groups in total. The zero-order valence-electron chi connectivity index (χ0n) is 20.6. The second-order valence-corrected chi connectivity index (χ2v) is 9.74. The number of nitrogens with zero attached hydrogens (tertiary/aromatic N) is 2. The van der Waals surface area contributed by atoms with Crippen molar-refractivity contribution in [3.63, 3.8) is 0 Å². The Bertz CT molecular complexity index is 1240. The van der Waals surface area contributed by atoms with Crippen molar-refractivity contribution in [1.82, 2.24) is 15.3 Å². The predicted octanol–water partition coefficient (Wildman–Crippen LogP) is 4.10. The second-order valence-electron chi connectivity index (χ2n) is 9.74. The standard InChI is InChI=1S/C30H31N3O4/c34-26(16-13-21-11-14-24(15-12-21)29(35)31-37)32-19-17-25(18-20-32)33-28(23-9-5-2-6-10-23)27(30(33)36)22-7-3-1-4-8-22/h1-12,14-15,25,27-28,37H,13,16-20H2,(H,31,35)/t27-,28-/m1/s1. The first-order valence-corrected chi connectivity index (χ1v) is 12.8. The summed E-state index contributed by atoms with van der Waals surface area (Å²) in [5.74, 6) is -0.454. The molecule has 0 aliphatic carbocycles. The number of piperidine rings is 1. The molecule has 2 aliphatic heterocycles. The van der Waals surface area contributed by atoms with E-state index < -0.39 is 5.91 Å². The van der Waals surface area contributed by atoms with E-state index in [9.17, 15) is 14.4 Å². The van der Waals surface area contributed by atoms with Gasteiger partial charge in [0.15, 0.2) is 0 Å². The molecule has 190 valence electrons. The Kier molecular flexibility index (Phi) is 7.32. The third kappa shape index (κ3) is 5.13. The first kappa shape index (κ1) is 24.7. The van der Waals surface area contributed by atoms with Gasteiger partial charge in [0.05, 0.1) is 12.0 Å². The molecule has 3 aromatic rings. The fourth-order valence-electron chi connectivity index (χ4n) is 5.60. The molecule has 3 aromatic carbocycles. The molecular formula is C30H31N3O4. The monoisotopic (exact) mass is 497 g/mol. The fourth-order valence-corrected chi connectivity index (χ4v) is 5.60. The first-order chi connectivity index (χ1) is 18.1. The van der Waals surface area contributed by atoms with Gasteiger partial charge in [0.25, 0.3) is 5.91 Å². The summed E-state index contributed by atoms with van der Waals surface area (Å²) in [6, 6.07) is 27.2. The third-order valence-corrected chi connectivity index (χ3v) is 7.59. The molecule has 37 heavy (non-hydrogen) atoms. The van der Waals surface area contributed by atoms with Gasteiger partial charge in [-0.3, -0.25) is 19.6 Å². The highest BCUT2D eigenvalue weighted by molar-refractivity contribution is 5.93. The summed E-state index contributed by atoms with van der Waals surface area (Å²) < 4.78 is 0. The predicted molar refractivity (Wildman–Crippen MR) is 139 cm³/mol. The maximum Gasteiger partial charge on any atom is 0.274 e. The lowest BCUT2D eigenvalue weighted by Gasteiger charge is -2.53. The molecule has 3 amide bonds. The maximum absolute atomic E-state index is 13.4. The number of hydroxylamine groups is 1. The Morgan fingerprint density at radius 2 is 1.43 bits per heavy atom. The number of rotatable bonds is 7. The van der Waals surface area contributed by atoms with E-state index in [1.807, 2.05) is 53.4 Å². The van der Waals surface area contributed by atoms with Crippen molar-refractivity contribution in [2.24, 2.45) is 0 Å². The molecule has 7 nitrogen and oxygen atoms in total. The van der Waals surface area contributed by atoms with Gasteiger partial charge >= 0.3 is 0 Å². The second kappa shape index (κ2) is 11.0. The minimum absolute atomic E-state index is 0.0132. The number of β-lactam (4-membered cyclic amide) rings is 1. The van der Waals surface area contributed by atoms with Gasteiger partial charge in [-0.25, -0.2) is 5.48 Å². The Balaban J connectivity index is 1.19. The van der Waals surface area contributed by atoms with E-state index in [-0.39, 0.29) is 29.8 Å². The van der Waals surface area contributed by atoms with E-state index in [4.69, 9.17) is 5.21 Å². The Morgan fingerprint density at radius 1 is 0.838 bits per heavy atom. The highest BCUT2D eigenvalue weighted by Crippen LogP contribution is 2.48. The number of carbonyl (C=O) groups is 3. The number of aryl methyl sites for hydroxylation is 1. The van der Waals surface area contributed by atoms with Gasteiger partial charge in [-0.05, 0) is 48.1 Å². The summed E-state index contributed by atoms with van der Waals surface area (Å²) in [6.07, 6.45) is 2.52. The van der Waals surface area contributed by atoms with Gasteiger partial charge in [-0.15, -0.1) is 0 Å². The van der Waals surface area contributed by atoms with E-state index in [1.54, 1.807) is 29.7 Å². The minimum Gasteiger partial charge on any atom is -0.343 e. The molecule has 2 aliphatic rings. The summed E-state index contributed by atoms with van der Waals surface area (Å²) >= 11 is 0. The van der Waals surface area contributed by atoms with Crippen molar-refractivity contribution < 1.29 is 19.6 Å². The van der Waals surface area contributed by atoms with Crippen LogP contribution in [0, 0.1) is 0 Å². The van der Waals surface area contributed by atoms with Gasteiger partial charge in [0, 0.05) is 31.1 Å². The number of likely N-dealkylation sites (tertiary alicyclic amines) is 2. The fraction of sp³-hybridized carbons (Fsp3) is 0.300. The molecule has 0 saturated carbocycles. The van der Waals surface area contributed by atoms with Crippen LogP contribution in [0.3, 0.4) is 0 Å². The molecule has 2 heterocycles. The average molecular weight is 498 g/mol. The van der Waals surface area contributed by atoms with Crippen molar-refractivity contribution >= 4 is 17.7 Å². The van der Waals surface area contributed by atoms with E-state index in [1.165, 1.54) is 0 Å². The highest BCUT2D eigenvalue weighted by atomic mass is 16.5. The molecule has 0 aromatic heterocycles. The van der Waals surface area contributed by atoms with Crippen LogP contribution in [0.2, 0.25) is 0 Å². The molecule has 2 atom stereocenters. The average Bonchev–Trinajstić information content (AvgIpc) is 2.96. The highest BCUT2D eigenvalue weighted by Gasteiger charge is 2.51. The van der Waals surface area contributed by atoms with Crippen LogP contribution >= 0.6 is 0 Å². The van der Waals surface area contributed by atoms with Gasteiger partial charge in [-0.1, -0.05) is 72.8 Å². The van der Waals surface area contributed by atoms with Crippen LogP contribution in [0.25, 0.3) is 0 Å². The van der Waals surface area contributed by atoms with E-state index in [0.29, 0.717) is 31.5 Å². The van der Waals surface area contributed by atoms with Crippen LogP contribution < -0.4 is 5.48 Å². The topological polar surface area (TPSA) is 89.9 Å². The third-order valence-electron chi connectivity index (χ3n) is 7.59. The van der Waals surface area contributed by atoms with E-state index in [2.05, 4.69) is 17.0 Å². The number of carbonyl (C=O) groups excluding carboxylic acids is 3. The normalized spacial score (nSPS) is 19.9. The number of nitrogens with one attached hydrogen (secondary N) is 1. The lowest BCUT2D eigenvalue weighted by molar-refractivity contribution is -0.157. The Hall–Kier alpha value is -3.97. The lowest BCUT2D eigenvalue weighted by Crippen LogP contribution is -2.60. The van der Waals surface area contributed by atoms with Crippen LogP contribution in [0.1, 0.15) is 58.3 Å². The summed E-state index contributed by atoms with van der Waals surface area (Å²) in [7, 11) is 0. The molecule has 0 spiro atoms. The van der Waals surface area contributed by atoms with Crippen molar-refractivity contribution in [2.75, 3.05) is 13.1 Å². The lowest BCUT2D eigenvalue weighted by atomic mass is 9.76. The van der Waals surface area contributed by atoms with Gasteiger partial charge in [-0.2, -0.15) is 0 Å². The van der Waals surface area contributed by atoms with Crippen molar-refractivity contribution in [2.45, 2.75) is 43.7 Å². The number of hydrogen-bond donors (Lipinski definition) is 2. The molecule has 0 radical (unpaired) electrons. The first-order valence-electron chi connectivity index (χ1n) is 12.8. The van der Waals surface area contributed by atoms with Crippen LogP contribution in [-0.4, -0.2) is 51.9 Å². The van der Waals surface area contributed by atoms with Crippen molar-refractivity contribution in [3.05, 3.63) is 107 Å². The molecule has 0 unspecified atom stereocenters. The van der Waals surface area contributed by atoms with E-state index in [0.717, 1.165) is 29.5 Å². The SMILES string of the molecule is O=C(NO)c1ccc(CCC(=O)N2CCC(N3C(=O)[C@H](c4ccccc4)[C@H]3c3ccccc3)CC2)cc1. The van der Waals surface area contributed by atoms with Crippen LogP contribution in [0.5, 0.6) is 0 Å². The number of amides is 3. The number of benzene rings is 3. The van der Waals surface area contributed by atoms with Crippen molar-refractivity contribution in [3.8, 4) is 0 Å². The zero-order valence-corrected chi connectivity index (χ0v) is 20.6. The quantitative estimate of drug-likeness (QED) is 0.292. The van der Waals surface area contributed by atoms with E-state index >= 15 is 0 Å². The summed E-state index contributed by atoms with van der Waals surface area (Å²) in [4.78, 5) is 41.7. The molecule has 2 saturated heterocycles. The largest absolute Gasteiger partial charge is 0.343 e. The van der Waals surface area contributed by atoms with Crippen LogP contribution in [0.4, 0.5) is 0 Å². The minimum atomic E-state index is -0.559. The van der Waals surface area contributed by atoms with Gasteiger partial charge in [0.2, 0.25) is 11.8 Å². The Labute approximate surface area is 216 Å². The maximum atomic E-state index is 13.4. The van der Waals surface area contributed by atoms with Crippen molar-refractivity contribution in [1.29, 1.82) is 0 Å². The summed E-state index contributed by atoms with van der Waals surface area (Å²) in [5.41, 5.74) is 5.14. The Morgan fingerprint density at radius 3 is 2.03 bits per heavy atom. The van der Waals surface area contributed by atoms with Gasteiger partial charge < -0.3 is 9.80 Å².